The van der Waals surface area contributed by atoms with Crippen LogP contribution in [0, 0.1) is 6.54 Å². The molecular formula is C4H7N2. The summed E-state index contributed by atoms with van der Waals surface area (Å²) in [5.41, 5.74) is 0. The first-order chi connectivity index (χ1) is 3.00. The van der Waals surface area contributed by atoms with Crippen LogP contribution >= 0.6 is 0 Å². The maximum Gasteiger partial charge on any atom is 0.0828 e. The van der Waals surface area contributed by atoms with E-state index in [-0.39, 0.29) is 0 Å². The van der Waals surface area contributed by atoms with Crippen LogP contribution in [0.1, 0.15) is 6.42 Å². The Morgan fingerprint density at radius 1 is 1.67 bits per heavy atom. The van der Waals surface area contributed by atoms with E-state index in [1.165, 1.54) is 0 Å². The van der Waals surface area contributed by atoms with Gasteiger partial charge in [0.2, 0.25) is 0 Å². The summed E-state index contributed by atoms with van der Waals surface area (Å²) in [4.78, 5) is 3.82. The Kier molecular flexibility index (Phi) is 1.10. The van der Waals surface area contributed by atoms with Crippen molar-refractivity contribution in [3.8, 4) is 0 Å². The van der Waals surface area contributed by atoms with Gasteiger partial charge in [-0.15, -0.1) is 0 Å². The fourth-order valence-electron chi connectivity index (χ4n) is 0.392. The number of hydrogen-bond acceptors (Lipinski definition) is 2. The molecule has 0 atom stereocenters. The van der Waals surface area contributed by atoms with Gasteiger partial charge in [0.15, 0.2) is 0 Å². The molecule has 1 aliphatic rings. The lowest BCUT2D eigenvalue weighted by molar-refractivity contribution is 0.821. The Hall–Kier alpha value is -0.530. The zero-order valence-corrected chi connectivity index (χ0v) is 3.52. The molecule has 0 unspecified atom stereocenters. The van der Waals surface area contributed by atoms with Crippen LogP contribution in [0.25, 0.3) is 0 Å². The van der Waals surface area contributed by atoms with Crippen LogP contribution < -0.4 is 5.32 Å². The lowest BCUT2D eigenvalue weighted by Crippen LogP contribution is -2.15. The molecule has 1 rings (SSSR count). The van der Waals surface area contributed by atoms with Crippen LogP contribution in [0.2, 0.25) is 0 Å². The van der Waals surface area contributed by atoms with Crippen molar-refractivity contribution in [2.24, 2.45) is 4.99 Å². The molecule has 1 N–H and O–H groups in total. The van der Waals surface area contributed by atoms with Crippen molar-refractivity contribution in [2.75, 3.05) is 6.54 Å². The van der Waals surface area contributed by atoms with Gasteiger partial charge in [-0.2, -0.15) is 0 Å². The van der Waals surface area contributed by atoms with Gasteiger partial charge < -0.3 is 5.32 Å². The Labute approximate surface area is 37.3 Å². The molecule has 1 aliphatic heterocycles. The molecule has 0 amide bonds. The summed E-state index contributed by atoms with van der Waals surface area (Å²) >= 11 is 0. The Morgan fingerprint density at radius 3 is 2.83 bits per heavy atom. The SMILES string of the molecule is [CH]1CCNC=N1. The van der Waals surface area contributed by atoms with E-state index in [0.717, 1.165) is 13.0 Å². The molecular weight excluding hydrogens is 76.1 g/mol. The largest absolute Gasteiger partial charge is 0.376 e. The third-order valence-corrected chi connectivity index (χ3v) is 0.689. The highest BCUT2D eigenvalue weighted by atomic mass is 15.0. The van der Waals surface area contributed by atoms with E-state index in [1.807, 2.05) is 6.54 Å². The summed E-state index contributed by atoms with van der Waals surface area (Å²) in [5, 5.41) is 2.96. The van der Waals surface area contributed by atoms with Crippen molar-refractivity contribution >= 4 is 6.34 Å². The van der Waals surface area contributed by atoms with Gasteiger partial charge in [0.1, 0.15) is 0 Å². The molecule has 0 aromatic heterocycles. The predicted octanol–water partition coefficient (Wildman–Crippen LogP) is 0.170. The van der Waals surface area contributed by atoms with E-state index in [4.69, 9.17) is 0 Å². The second-order valence-corrected chi connectivity index (χ2v) is 1.20. The normalized spacial score (nSPS) is 20.0. The minimum absolute atomic E-state index is 1.05. The van der Waals surface area contributed by atoms with E-state index in [9.17, 15) is 0 Å². The van der Waals surface area contributed by atoms with Crippen molar-refractivity contribution < 1.29 is 0 Å². The van der Waals surface area contributed by atoms with E-state index >= 15 is 0 Å². The van der Waals surface area contributed by atoms with E-state index in [2.05, 4.69) is 10.3 Å². The van der Waals surface area contributed by atoms with Gasteiger partial charge in [-0.05, 0) is 6.42 Å². The van der Waals surface area contributed by atoms with Gasteiger partial charge in [0.05, 0.1) is 12.9 Å². The van der Waals surface area contributed by atoms with Gasteiger partial charge >= 0.3 is 0 Å². The van der Waals surface area contributed by atoms with Gasteiger partial charge in [-0.25, -0.2) is 0 Å². The molecule has 6 heavy (non-hydrogen) atoms. The number of nitrogens with zero attached hydrogens (tertiary/aromatic N) is 1. The van der Waals surface area contributed by atoms with Crippen molar-refractivity contribution in [3.05, 3.63) is 6.54 Å². The lowest BCUT2D eigenvalue weighted by atomic mass is 10.4. The maximum absolute atomic E-state index is 3.82. The minimum atomic E-state index is 1.05. The molecule has 0 aromatic carbocycles. The first-order valence-corrected chi connectivity index (χ1v) is 2.07. The third kappa shape index (κ3) is 0.708. The zero-order valence-electron chi connectivity index (χ0n) is 3.52. The highest BCUT2D eigenvalue weighted by molar-refractivity contribution is 5.55. The summed E-state index contributed by atoms with van der Waals surface area (Å²) in [7, 11) is 0. The Morgan fingerprint density at radius 2 is 2.67 bits per heavy atom. The van der Waals surface area contributed by atoms with Crippen LogP contribution in [0.3, 0.4) is 0 Å². The molecule has 0 bridgehead atoms. The minimum Gasteiger partial charge on any atom is -0.376 e. The van der Waals surface area contributed by atoms with E-state index in [1.54, 1.807) is 6.34 Å². The Bertz CT molecular complexity index is 50.6. The zero-order chi connectivity index (χ0) is 4.24. The van der Waals surface area contributed by atoms with Gasteiger partial charge in [-0.3, -0.25) is 4.99 Å². The molecule has 1 radical (unpaired) electrons. The van der Waals surface area contributed by atoms with Crippen molar-refractivity contribution in [1.29, 1.82) is 0 Å². The maximum atomic E-state index is 3.82. The second-order valence-electron chi connectivity index (χ2n) is 1.20. The van der Waals surface area contributed by atoms with Crippen LogP contribution in [0.15, 0.2) is 4.99 Å². The molecule has 0 saturated heterocycles. The third-order valence-electron chi connectivity index (χ3n) is 0.689. The molecule has 1 heterocycles. The topological polar surface area (TPSA) is 24.4 Å². The highest BCUT2D eigenvalue weighted by Crippen LogP contribution is 1.87. The molecule has 2 nitrogen and oxygen atoms in total. The Balaban J connectivity index is 2.26. The van der Waals surface area contributed by atoms with Gasteiger partial charge in [-0.1, -0.05) is 0 Å². The van der Waals surface area contributed by atoms with E-state index < -0.39 is 0 Å². The molecule has 33 valence electrons. The molecule has 0 aliphatic carbocycles. The van der Waals surface area contributed by atoms with Crippen molar-refractivity contribution in [3.63, 3.8) is 0 Å². The first kappa shape index (κ1) is 3.65. The fraction of sp³-hybridized carbons (Fsp3) is 0.500. The van der Waals surface area contributed by atoms with Crippen LogP contribution in [0.4, 0.5) is 0 Å². The number of nitrogens with one attached hydrogen (secondary N) is 1. The van der Waals surface area contributed by atoms with E-state index in [0.29, 0.717) is 0 Å². The average Bonchev–Trinajstić information content (AvgIpc) is 1.72. The van der Waals surface area contributed by atoms with Crippen molar-refractivity contribution in [1.82, 2.24) is 5.32 Å². The first-order valence-electron chi connectivity index (χ1n) is 2.07. The second kappa shape index (κ2) is 1.80. The molecule has 2 heteroatoms. The fourth-order valence-corrected chi connectivity index (χ4v) is 0.392. The van der Waals surface area contributed by atoms with Crippen LogP contribution in [-0.4, -0.2) is 12.9 Å². The molecule has 0 saturated carbocycles. The molecule has 0 aromatic rings. The predicted molar refractivity (Wildman–Crippen MR) is 25.4 cm³/mol. The summed E-state index contributed by atoms with van der Waals surface area (Å²) < 4.78 is 0. The number of aliphatic imine (C=N–C) groups is 1. The van der Waals surface area contributed by atoms with Crippen LogP contribution in [0.5, 0.6) is 0 Å². The van der Waals surface area contributed by atoms with Gasteiger partial charge in [0.25, 0.3) is 0 Å². The number of hydrogen-bond donors (Lipinski definition) is 1. The summed E-state index contributed by atoms with van der Waals surface area (Å²) in [5.74, 6) is 0. The lowest BCUT2D eigenvalue weighted by Gasteiger charge is -2.00. The standard InChI is InChI=1S/C4H7N2/c1-2-5-4-6-3-1/h2,4H,1,3H2,(H,5,6). The average molecular weight is 83.1 g/mol. The number of rotatable bonds is 0. The molecule has 0 fully saturated rings. The van der Waals surface area contributed by atoms with Crippen molar-refractivity contribution in [2.45, 2.75) is 6.42 Å². The quantitative estimate of drug-likeness (QED) is 0.443. The summed E-state index contributed by atoms with van der Waals surface area (Å²) in [6.45, 7) is 2.94. The summed E-state index contributed by atoms with van der Waals surface area (Å²) in [6, 6.07) is 0. The van der Waals surface area contributed by atoms with Crippen LogP contribution in [-0.2, 0) is 0 Å². The van der Waals surface area contributed by atoms with Gasteiger partial charge in [0, 0.05) is 6.54 Å². The summed E-state index contributed by atoms with van der Waals surface area (Å²) in [6.07, 6.45) is 2.78. The molecule has 0 spiro atoms. The highest BCUT2D eigenvalue weighted by Gasteiger charge is 1.86. The monoisotopic (exact) mass is 83.1 g/mol. The smallest absolute Gasteiger partial charge is 0.0828 e.